The molecule has 0 fully saturated rings. The fourth-order valence-electron chi connectivity index (χ4n) is 3.13. The molecule has 1 amide bonds. The first kappa shape index (κ1) is 17.4. The van der Waals surface area contributed by atoms with Crippen molar-refractivity contribution in [1.29, 1.82) is 0 Å². The predicted molar refractivity (Wildman–Crippen MR) is 112 cm³/mol. The van der Waals surface area contributed by atoms with E-state index in [1.807, 2.05) is 72.8 Å². The highest BCUT2D eigenvalue weighted by Gasteiger charge is 2.12. The standard InChI is InChI=1S/C21H15N5O2S/c27-20(13-29-21-23-24-25-26(21)15-6-2-1-3-7-15)22-14-10-11-19-17(12-14)16-8-4-5-9-18(16)28-19/h1-12H,13H2,(H,22,27). The minimum Gasteiger partial charge on any atom is -0.456 e. The zero-order valence-electron chi connectivity index (χ0n) is 15.1. The van der Waals surface area contributed by atoms with Gasteiger partial charge < -0.3 is 9.73 Å². The predicted octanol–water partition coefficient (Wildman–Crippen LogP) is 4.29. The van der Waals surface area contributed by atoms with Gasteiger partial charge in [-0.25, -0.2) is 0 Å². The van der Waals surface area contributed by atoms with Gasteiger partial charge in [-0.2, -0.15) is 4.68 Å². The number of amides is 1. The highest BCUT2D eigenvalue weighted by Crippen LogP contribution is 2.30. The van der Waals surface area contributed by atoms with Crippen molar-refractivity contribution in [3.63, 3.8) is 0 Å². The van der Waals surface area contributed by atoms with Crippen molar-refractivity contribution in [3.05, 3.63) is 72.8 Å². The van der Waals surface area contributed by atoms with Gasteiger partial charge in [0.05, 0.1) is 11.4 Å². The van der Waals surface area contributed by atoms with E-state index >= 15 is 0 Å². The van der Waals surface area contributed by atoms with Gasteiger partial charge in [0.1, 0.15) is 11.2 Å². The minimum absolute atomic E-state index is 0.134. The minimum atomic E-state index is -0.134. The molecule has 142 valence electrons. The normalized spacial score (nSPS) is 11.2. The summed E-state index contributed by atoms with van der Waals surface area (Å²) >= 11 is 1.28. The summed E-state index contributed by atoms with van der Waals surface area (Å²) in [7, 11) is 0. The number of carbonyl (C=O) groups excluding carboxylic acids is 1. The quantitative estimate of drug-likeness (QED) is 0.442. The maximum atomic E-state index is 12.5. The number of rotatable bonds is 5. The summed E-state index contributed by atoms with van der Waals surface area (Å²) in [5.74, 6) is 0.0574. The fraction of sp³-hybridized carbons (Fsp3) is 0.0476. The smallest absolute Gasteiger partial charge is 0.234 e. The number of nitrogens with one attached hydrogen (secondary N) is 1. The van der Waals surface area contributed by atoms with Crippen LogP contribution in [0.15, 0.2) is 82.4 Å². The first-order valence-electron chi connectivity index (χ1n) is 8.96. The van der Waals surface area contributed by atoms with Crippen LogP contribution in [0, 0.1) is 0 Å². The van der Waals surface area contributed by atoms with E-state index in [2.05, 4.69) is 20.8 Å². The molecule has 5 aromatic rings. The number of anilines is 1. The molecule has 0 saturated carbocycles. The number of nitrogens with zero attached hydrogens (tertiary/aromatic N) is 4. The Labute approximate surface area is 169 Å². The Morgan fingerprint density at radius 3 is 2.66 bits per heavy atom. The zero-order valence-corrected chi connectivity index (χ0v) is 16.0. The first-order chi connectivity index (χ1) is 14.3. The number of hydrogen-bond donors (Lipinski definition) is 1. The van der Waals surface area contributed by atoms with Gasteiger partial charge in [0, 0.05) is 16.5 Å². The second kappa shape index (κ2) is 7.40. The number of fused-ring (bicyclic) bond motifs is 3. The van der Waals surface area contributed by atoms with Crippen molar-refractivity contribution < 1.29 is 9.21 Å². The first-order valence-corrected chi connectivity index (χ1v) is 9.94. The Hall–Kier alpha value is -3.65. The molecule has 0 atom stereocenters. The van der Waals surface area contributed by atoms with E-state index in [4.69, 9.17) is 4.42 Å². The van der Waals surface area contributed by atoms with Crippen LogP contribution in [-0.4, -0.2) is 31.9 Å². The maximum Gasteiger partial charge on any atom is 0.234 e. The summed E-state index contributed by atoms with van der Waals surface area (Å²) in [5, 5.41) is 17.2. The SMILES string of the molecule is O=C(CSc1nnnn1-c1ccccc1)Nc1ccc2oc3ccccc3c2c1. The van der Waals surface area contributed by atoms with Crippen LogP contribution in [0.1, 0.15) is 0 Å². The van der Waals surface area contributed by atoms with Crippen LogP contribution in [0.2, 0.25) is 0 Å². The van der Waals surface area contributed by atoms with Crippen LogP contribution in [0.25, 0.3) is 27.6 Å². The number of thioether (sulfide) groups is 1. The Balaban J connectivity index is 1.30. The molecule has 5 rings (SSSR count). The number of furan rings is 1. The molecule has 0 aliphatic carbocycles. The Morgan fingerprint density at radius 1 is 0.966 bits per heavy atom. The van der Waals surface area contributed by atoms with Gasteiger partial charge in [-0.05, 0) is 46.8 Å². The molecule has 0 spiro atoms. The van der Waals surface area contributed by atoms with Gasteiger partial charge in [-0.15, -0.1) is 5.10 Å². The molecule has 2 aromatic heterocycles. The lowest BCUT2D eigenvalue weighted by atomic mass is 10.1. The molecule has 0 radical (unpaired) electrons. The average Bonchev–Trinajstić information content (AvgIpc) is 3.37. The molecule has 8 heteroatoms. The summed E-state index contributed by atoms with van der Waals surface area (Å²) in [5.41, 5.74) is 3.19. The second-order valence-electron chi connectivity index (χ2n) is 6.35. The molecule has 0 saturated heterocycles. The second-order valence-corrected chi connectivity index (χ2v) is 7.30. The highest BCUT2D eigenvalue weighted by atomic mass is 32.2. The number of tetrazole rings is 1. The average molecular weight is 401 g/mol. The summed E-state index contributed by atoms with van der Waals surface area (Å²) in [4.78, 5) is 12.5. The van der Waals surface area contributed by atoms with Crippen molar-refractivity contribution in [1.82, 2.24) is 20.2 Å². The fourth-order valence-corrected chi connectivity index (χ4v) is 3.82. The van der Waals surface area contributed by atoms with Crippen molar-refractivity contribution in [3.8, 4) is 5.69 Å². The van der Waals surface area contributed by atoms with E-state index in [1.165, 1.54) is 11.8 Å². The highest BCUT2D eigenvalue weighted by molar-refractivity contribution is 7.99. The molecule has 1 N–H and O–H groups in total. The van der Waals surface area contributed by atoms with E-state index in [0.717, 1.165) is 33.3 Å². The van der Waals surface area contributed by atoms with Crippen molar-refractivity contribution >= 4 is 45.3 Å². The Kier molecular flexibility index (Phi) is 4.45. The van der Waals surface area contributed by atoms with E-state index in [-0.39, 0.29) is 11.7 Å². The van der Waals surface area contributed by atoms with Crippen molar-refractivity contribution in [2.75, 3.05) is 11.1 Å². The maximum absolute atomic E-state index is 12.5. The molecule has 0 unspecified atom stereocenters. The van der Waals surface area contributed by atoms with Crippen LogP contribution < -0.4 is 5.32 Å². The van der Waals surface area contributed by atoms with Crippen LogP contribution in [0.4, 0.5) is 5.69 Å². The number of aromatic nitrogens is 4. The molecular formula is C21H15N5O2S. The molecule has 29 heavy (non-hydrogen) atoms. The summed E-state index contributed by atoms with van der Waals surface area (Å²) in [6.07, 6.45) is 0. The van der Waals surface area contributed by atoms with E-state index < -0.39 is 0 Å². The lowest BCUT2D eigenvalue weighted by Gasteiger charge is -2.06. The lowest BCUT2D eigenvalue weighted by molar-refractivity contribution is -0.113. The van der Waals surface area contributed by atoms with E-state index in [1.54, 1.807) is 4.68 Å². The van der Waals surface area contributed by atoms with Gasteiger partial charge in [0.15, 0.2) is 0 Å². The van der Waals surface area contributed by atoms with Gasteiger partial charge in [0.25, 0.3) is 0 Å². The van der Waals surface area contributed by atoms with Gasteiger partial charge in [-0.3, -0.25) is 4.79 Å². The lowest BCUT2D eigenvalue weighted by Crippen LogP contribution is -2.14. The summed E-state index contributed by atoms with van der Waals surface area (Å²) in [6.45, 7) is 0. The zero-order chi connectivity index (χ0) is 19.6. The van der Waals surface area contributed by atoms with Gasteiger partial charge in [-0.1, -0.05) is 48.2 Å². The molecule has 0 aliphatic rings. The molecule has 7 nitrogen and oxygen atoms in total. The van der Waals surface area contributed by atoms with Crippen LogP contribution in [0.3, 0.4) is 0 Å². The molecule has 0 aliphatic heterocycles. The van der Waals surface area contributed by atoms with Crippen LogP contribution in [-0.2, 0) is 4.79 Å². The molecular weight excluding hydrogens is 386 g/mol. The third-order valence-corrected chi connectivity index (χ3v) is 5.35. The van der Waals surface area contributed by atoms with Gasteiger partial charge in [0.2, 0.25) is 11.1 Å². The van der Waals surface area contributed by atoms with E-state index in [0.29, 0.717) is 5.16 Å². The number of hydrogen-bond acceptors (Lipinski definition) is 6. The van der Waals surface area contributed by atoms with E-state index in [9.17, 15) is 4.79 Å². The summed E-state index contributed by atoms with van der Waals surface area (Å²) < 4.78 is 7.44. The molecule has 0 bridgehead atoms. The topological polar surface area (TPSA) is 85.8 Å². The van der Waals surface area contributed by atoms with Gasteiger partial charge >= 0.3 is 0 Å². The third kappa shape index (κ3) is 3.45. The number of carbonyl (C=O) groups is 1. The number of benzene rings is 3. The summed E-state index contributed by atoms with van der Waals surface area (Å²) in [6, 6.07) is 23.0. The van der Waals surface area contributed by atoms with Crippen molar-refractivity contribution in [2.45, 2.75) is 5.16 Å². The molecule has 3 aromatic carbocycles. The van der Waals surface area contributed by atoms with Crippen molar-refractivity contribution in [2.24, 2.45) is 0 Å². The van der Waals surface area contributed by atoms with Crippen LogP contribution in [0.5, 0.6) is 0 Å². The number of para-hydroxylation sites is 2. The Morgan fingerprint density at radius 2 is 1.76 bits per heavy atom. The largest absolute Gasteiger partial charge is 0.456 e. The van der Waals surface area contributed by atoms with Crippen LogP contribution >= 0.6 is 11.8 Å². The molecule has 2 heterocycles. The third-order valence-electron chi connectivity index (χ3n) is 4.43. The Bertz CT molecular complexity index is 1310. The monoisotopic (exact) mass is 401 g/mol.